The molecule has 28 heavy (non-hydrogen) atoms. The summed E-state index contributed by atoms with van der Waals surface area (Å²) >= 11 is 0. The number of sulfonamides is 1. The first-order valence-electron chi connectivity index (χ1n) is 8.49. The molecule has 1 aromatic carbocycles. The van der Waals surface area contributed by atoms with E-state index in [4.69, 9.17) is 10.2 Å². The fraction of sp³-hybridized carbons (Fsp3) is 0.500. The van der Waals surface area contributed by atoms with Crippen molar-refractivity contribution < 1.29 is 35.1 Å². The third kappa shape index (κ3) is 4.85. The maximum Gasteiger partial charge on any atom is 0.244 e. The standard InChI is InChI=1S/C16H21F3N2O5S2/c17-11-12(18)16(27(23,24)9-8-22)14(13(19)15(11)28(20,25)26)21-10-6-4-2-1-3-5-7-10/h2,4,10,21-22H,1,3,5-9H2,(H2,20,25,26)/b4-2-/t10-/m1/s1. The Kier molecular flexibility index (Phi) is 7.12. The van der Waals surface area contributed by atoms with E-state index >= 15 is 0 Å². The molecule has 158 valence electrons. The molecule has 1 aromatic rings. The van der Waals surface area contributed by atoms with E-state index in [2.05, 4.69) is 5.32 Å². The van der Waals surface area contributed by atoms with Gasteiger partial charge in [0.25, 0.3) is 0 Å². The van der Waals surface area contributed by atoms with Gasteiger partial charge in [0.15, 0.2) is 32.2 Å². The van der Waals surface area contributed by atoms with Crippen LogP contribution >= 0.6 is 0 Å². The maximum atomic E-state index is 14.9. The van der Waals surface area contributed by atoms with Crippen LogP contribution in [0.25, 0.3) is 0 Å². The molecule has 0 aliphatic heterocycles. The number of rotatable bonds is 6. The Morgan fingerprint density at radius 2 is 1.68 bits per heavy atom. The minimum Gasteiger partial charge on any atom is -0.395 e. The summed E-state index contributed by atoms with van der Waals surface area (Å²) in [5.41, 5.74) is -1.00. The van der Waals surface area contributed by atoms with Crippen molar-refractivity contribution in [2.24, 2.45) is 5.14 Å². The molecule has 0 spiro atoms. The molecule has 0 amide bonds. The fourth-order valence-corrected chi connectivity index (χ4v) is 4.95. The topological polar surface area (TPSA) is 127 Å². The van der Waals surface area contributed by atoms with E-state index in [1.165, 1.54) is 0 Å². The van der Waals surface area contributed by atoms with Gasteiger partial charge in [0.05, 0.1) is 18.0 Å². The van der Waals surface area contributed by atoms with E-state index in [1.807, 2.05) is 6.08 Å². The Morgan fingerprint density at radius 1 is 1.04 bits per heavy atom. The molecule has 1 aliphatic rings. The van der Waals surface area contributed by atoms with Crippen LogP contribution in [0.3, 0.4) is 0 Å². The lowest BCUT2D eigenvalue weighted by atomic mass is 10.0. The van der Waals surface area contributed by atoms with Crippen LogP contribution in [-0.4, -0.2) is 40.3 Å². The number of aliphatic hydroxyl groups excluding tert-OH is 1. The van der Waals surface area contributed by atoms with Crippen LogP contribution in [0.4, 0.5) is 18.9 Å². The summed E-state index contributed by atoms with van der Waals surface area (Å²) in [5.74, 6) is -7.11. The number of aliphatic hydroxyl groups is 1. The second-order valence-corrected chi connectivity index (χ2v) is 9.94. The summed E-state index contributed by atoms with van der Waals surface area (Å²) < 4.78 is 91.5. The number of halogens is 3. The van der Waals surface area contributed by atoms with Crippen LogP contribution in [0.15, 0.2) is 21.9 Å². The van der Waals surface area contributed by atoms with Crippen molar-refractivity contribution in [1.29, 1.82) is 0 Å². The van der Waals surface area contributed by atoms with E-state index in [0.717, 1.165) is 12.8 Å². The summed E-state index contributed by atoms with van der Waals surface area (Å²) in [7, 11) is -9.69. The highest BCUT2D eigenvalue weighted by molar-refractivity contribution is 7.91. The Bertz CT molecular complexity index is 979. The van der Waals surface area contributed by atoms with Crippen LogP contribution in [0.5, 0.6) is 0 Å². The Balaban J connectivity index is 2.73. The summed E-state index contributed by atoms with van der Waals surface area (Å²) in [6, 6.07) is -0.549. The summed E-state index contributed by atoms with van der Waals surface area (Å²) in [4.78, 5) is -3.12. The molecule has 0 heterocycles. The molecule has 0 unspecified atom stereocenters. The molecule has 4 N–H and O–H groups in total. The predicted molar refractivity (Wildman–Crippen MR) is 96.5 cm³/mol. The summed E-state index contributed by atoms with van der Waals surface area (Å²) in [5, 5.41) is 16.2. The quantitative estimate of drug-likeness (QED) is 0.456. The normalized spacial score (nSPS) is 19.7. The number of nitrogens with one attached hydrogen (secondary N) is 1. The molecular weight excluding hydrogens is 421 g/mol. The number of allylic oxidation sites excluding steroid dienone is 1. The maximum absolute atomic E-state index is 14.9. The zero-order valence-corrected chi connectivity index (χ0v) is 16.4. The number of anilines is 1. The highest BCUT2D eigenvalue weighted by Gasteiger charge is 2.36. The van der Waals surface area contributed by atoms with Crippen LogP contribution in [-0.2, 0) is 19.9 Å². The van der Waals surface area contributed by atoms with Gasteiger partial charge >= 0.3 is 0 Å². The molecule has 12 heteroatoms. The van der Waals surface area contributed by atoms with Crippen LogP contribution in [0.1, 0.15) is 32.1 Å². The second-order valence-electron chi connectivity index (χ2n) is 6.40. The molecule has 2 rings (SSSR count). The monoisotopic (exact) mass is 442 g/mol. The van der Waals surface area contributed by atoms with Gasteiger partial charge in [-0.25, -0.2) is 35.1 Å². The highest BCUT2D eigenvalue weighted by Crippen LogP contribution is 2.36. The number of sulfone groups is 1. The Labute approximate surface area is 161 Å². The van der Waals surface area contributed by atoms with Gasteiger partial charge in [0, 0.05) is 6.04 Å². The lowest BCUT2D eigenvalue weighted by Crippen LogP contribution is -2.27. The van der Waals surface area contributed by atoms with Gasteiger partial charge in [-0.15, -0.1) is 0 Å². The molecule has 0 radical (unpaired) electrons. The Hall–Kier alpha value is -1.63. The van der Waals surface area contributed by atoms with Gasteiger partial charge < -0.3 is 10.4 Å². The van der Waals surface area contributed by atoms with Gasteiger partial charge in [-0.2, -0.15) is 0 Å². The van der Waals surface area contributed by atoms with Crippen molar-refractivity contribution in [2.45, 2.75) is 47.9 Å². The predicted octanol–water partition coefficient (Wildman–Crippen LogP) is 1.82. The minimum absolute atomic E-state index is 0.336. The van der Waals surface area contributed by atoms with Gasteiger partial charge in [-0.3, -0.25) is 0 Å². The van der Waals surface area contributed by atoms with Crippen molar-refractivity contribution >= 4 is 25.5 Å². The number of hydrogen-bond donors (Lipinski definition) is 3. The lowest BCUT2D eigenvalue weighted by molar-refractivity contribution is 0.319. The molecule has 0 bridgehead atoms. The molecule has 0 fully saturated rings. The SMILES string of the molecule is NS(=O)(=O)c1c(F)c(F)c(S(=O)(=O)CCO)c(N[C@@H]2C/C=C\CCCC2)c1F. The fourth-order valence-electron chi connectivity index (χ4n) is 3.00. The highest BCUT2D eigenvalue weighted by atomic mass is 32.2. The van der Waals surface area contributed by atoms with E-state index < -0.39 is 71.2 Å². The molecule has 0 saturated heterocycles. The number of benzene rings is 1. The second kappa shape index (κ2) is 8.80. The van der Waals surface area contributed by atoms with E-state index in [-0.39, 0.29) is 0 Å². The van der Waals surface area contributed by atoms with Crippen molar-refractivity contribution in [2.75, 3.05) is 17.7 Å². The molecule has 0 aromatic heterocycles. The number of nitrogens with two attached hydrogens (primary N) is 1. The van der Waals surface area contributed by atoms with E-state index in [1.54, 1.807) is 6.08 Å². The van der Waals surface area contributed by atoms with Crippen molar-refractivity contribution in [3.63, 3.8) is 0 Å². The van der Waals surface area contributed by atoms with Gasteiger partial charge in [0.2, 0.25) is 10.0 Å². The van der Waals surface area contributed by atoms with Crippen molar-refractivity contribution in [1.82, 2.24) is 0 Å². The van der Waals surface area contributed by atoms with Crippen molar-refractivity contribution in [3.8, 4) is 0 Å². The first-order valence-corrected chi connectivity index (χ1v) is 11.7. The van der Waals surface area contributed by atoms with Crippen LogP contribution in [0, 0.1) is 17.5 Å². The third-order valence-electron chi connectivity index (χ3n) is 4.30. The van der Waals surface area contributed by atoms with Crippen molar-refractivity contribution in [3.05, 3.63) is 29.6 Å². The Morgan fingerprint density at radius 3 is 2.29 bits per heavy atom. The number of hydrogen-bond acceptors (Lipinski definition) is 6. The van der Waals surface area contributed by atoms with Crippen LogP contribution < -0.4 is 10.5 Å². The van der Waals surface area contributed by atoms with Crippen LogP contribution in [0.2, 0.25) is 0 Å². The average Bonchev–Trinajstić information content (AvgIpc) is 2.53. The largest absolute Gasteiger partial charge is 0.395 e. The molecule has 7 nitrogen and oxygen atoms in total. The summed E-state index contributed by atoms with van der Waals surface area (Å²) in [6.45, 7) is -0.923. The molecule has 1 atom stereocenters. The van der Waals surface area contributed by atoms with Gasteiger partial charge in [0.1, 0.15) is 4.90 Å². The zero-order valence-electron chi connectivity index (χ0n) is 14.8. The lowest BCUT2D eigenvalue weighted by Gasteiger charge is -2.23. The summed E-state index contributed by atoms with van der Waals surface area (Å²) in [6.07, 6.45) is 6.83. The molecule has 0 saturated carbocycles. The minimum atomic E-state index is -5.03. The average molecular weight is 442 g/mol. The van der Waals surface area contributed by atoms with E-state index in [9.17, 15) is 30.0 Å². The first kappa shape index (κ1) is 22.7. The number of primary sulfonamides is 1. The first-order chi connectivity index (χ1) is 13.0. The van der Waals surface area contributed by atoms with E-state index in [0.29, 0.717) is 19.3 Å². The van der Waals surface area contributed by atoms with Gasteiger partial charge in [-0.05, 0) is 25.7 Å². The van der Waals surface area contributed by atoms with Gasteiger partial charge in [-0.1, -0.05) is 18.6 Å². The zero-order chi connectivity index (χ0) is 21.1. The third-order valence-corrected chi connectivity index (χ3v) is 6.95. The smallest absolute Gasteiger partial charge is 0.244 e. The molecule has 1 aliphatic carbocycles. The molecular formula is C16H21F3N2O5S2.